The third-order valence-electron chi connectivity index (χ3n) is 1.28. The lowest BCUT2D eigenvalue weighted by Gasteiger charge is -2.02. The molecule has 0 spiro atoms. The first-order valence-electron chi connectivity index (χ1n) is 3.64. The van der Waals surface area contributed by atoms with E-state index in [-0.39, 0.29) is 11.9 Å². The third-order valence-corrected chi connectivity index (χ3v) is 1.28. The maximum atomic E-state index is 6.97. The molecule has 0 rings (SSSR count). The van der Waals surface area contributed by atoms with Gasteiger partial charge in [0.2, 0.25) is 0 Å². The molecule has 0 aromatic carbocycles. The quantitative estimate of drug-likeness (QED) is 0.454. The number of rotatable bonds is 5. The van der Waals surface area contributed by atoms with E-state index in [4.69, 9.17) is 11.1 Å². The minimum atomic E-state index is 0.227. The first-order chi connectivity index (χ1) is 5.16. The number of hydrogen-bond acceptors (Lipinski definition) is 2. The van der Waals surface area contributed by atoms with Crippen LogP contribution in [0, 0.1) is 5.41 Å². The van der Waals surface area contributed by atoms with Gasteiger partial charge < -0.3 is 5.73 Å². The van der Waals surface area contributed by atoms with Crippen LogP contribution in [0.25, 0.3) is 0 Å². The second-order valence-corrected chi connectivity index (χ2v) is 2.45. The molecule has 0 aromatic heterocycles. The standard InChI is InChI=1S/C8H15N3/c1-3-6-11-7(2)4-5-8(9)10/h3,6-7H,1,4-5H2,2H3,(H3,9,10). The minimum Gasteiger partial charge on any atom is -0.388 e. The highest BCUT2D eigenvalue weighted by atomic mass is 14.8. The summed E-state index contributed by atoms with van der Waals surface area (Å²) in [7, 11) is 0. The van der Waals surface area contributed by atoms with Crippen molar-refractivity contribution in [1.82, 2.24) is 0 Å². The molecule has 0 aliphatic carbocycles. The van der Waals surface area contributed by atoms with E-state index in [1.54, 1.807) is 12.3 Å². The van der Waals surface area contributed by atoms with E-state index in [0.29, 0.717) is 6.42 Å². The lowest BCUT2D eigenvalue weighted by atomic mass is 10.2. The fourth-order valence-electron chi connectivity index (χ4n) is 0.647. The average molecular weight is 153 g/mol. The van der Waals surface area contributed by atoms with Crippen LogP contribution in [-0.4, -0.2) is 18.1 Å². The number of nitrogens with one attached hydrogen (secondary N) is 1. The molecule has 0 aliphatic heterocycles. The number of nitrogens with two attached hydrogens (primary N) is 1. The van der Waals surface area contributed by atoms with Crippen LogP contribution in [-0.2, 0) is 0 Å². The van der Waals surface area contributed by atoms with E-state index in [2.05, 4.69) is 11.6 Å². The van der Waals surface area contributed by atoms with Gasteiger partial charge in [-0.2, -0.15) is 0 Å². The molecule has 11 heavy (non-hydrogen) atoms. The van der Waals surface area contributed by atoms with Gasteiger partial charge >= 0.3 is 0 Å². The zero-order valence-corrected chi connectivity index (χ0v) is 6.88. The normalized spacial score (nSPS) is 13.2. The van der Waals surface area contributed by atoms with E-state index in [9.17, 15) is 0 Å². The summed E-state index contributed by atoms with van der Waals surface area (Å²) in [5.74, 6) is 0.227. The Balaban J connectivity index is 3.51. The molecule has 0 amide bonds. The molecule has 0 heterocycles. The molecule has 3 heteroatoms. The molecular formula is C8H15N3. The summed E-state index contributed by atoms with van der Waals surface area (Å²) in [5, 5.41) is 6.97. The lowest BCUT2D eigenvalue weighted by Crippen LogP contribution is -2.11. The zero-order valence-electron chi connectivity index (χ0n) is 6.88. The zero-order chi connectivity index (χ0) is 8.69. The third kappa shape index (κ3) is 6.77. The summed E-state index contributed by atoms with van der Waals surface area (Å²) < 4.78 is 0. The van der Waals surface area contributed by atoms with Crippen LogP contribution in [0.2, 0.25) is 0 Å². The summed E-state index contributed by atoms with van der Waals surface area (Å²) in [6, 6.07) is 0.233. The van der Waals surface area contributed by atoms with Gasteiger partial charge in [-0.05, 0) is 13.3 Å². The fraction of sp³-hybridized carbons (Fsp3) is 0.500. The van der Waals surface area contributed by atoms with Gasteiger partial charge in [0.1, 0.15) is 0 Å². The molecular weight excluding hydrogens is 138 g/mol. The van der Waals surface area contributed by atoms with Crippen LogP contribution in [0.15, 0.2) is 17.6 Å². The van der Waals surface area contributed by atoms with Crippen molar-refractivity contribution in [3.63, 3.8) is 0 Å². The first-order valence-corrected chi connectivity index (χ1v) is 3.64. The highest BCUT2D eigenvalue weighted by Crippen LogP contribution is 1.99. The molecule has 0 fully saturated rings. The summed E-state index contributed by atoms with van der Waals surface area (Å²) in [6.45, 7) is 5.50. The van der Waals surface area contributed by atoms with Crippen LogP contribution in [0.5, 0.6) is 0 Å². The van der Waals surface area contributed by atoms with Gasteiger partial charge in [0.25, 0.3) is 0 Å². The number of allylic oxidation sites excluding steroid dienone is 1. The van der Waals surface area contributed by atoms with Gasteiger partial charge in [0.05, 0.1) is 5.84 Å². The number of nitrogens with zero attached hydrogens (tertiary/aromatic N) is 1. The summed E-state index contributed by atoms with van der Waals surface area (Å²) >= 11 is 0. The van der Waals surface area contributed by atoms with Crippen molar-refractivity contribution in [2.75, 3.05) is 0 Å². The SMILES string of the molecule is C=CC=NC(C)CCC(=N)N. The molecule has 0 saturated carbocycles. The van der Waals surface area contributed by atoms with Crippen molar-refractivity contribution < 1.29 is 0 Å². The molecule has 0 aliphatic rings. The lowest BCUT2D eigenvalue weighted by molar-refractivity contribution is 0.690. The van der Waals surface area contributed by atoms with Crippen LogP contribution in [0.1, 0.15) is 19.8 Å². The topological polar surface area (TPSA) is 62.2 Å². The number of aliphatic imine (C=N–C) groups is 1. The van der Waals surface area contributed by atoms with E-state index in [0.717, 1.165) is 6.42 Å². The van der Waals surface area contributed by atoms with E-state index < -0.39 is 0 Å². The van der Waals surface area contributed by atoms with Crippen molar-refractivity contribution in [3.05, 3.63) is 12.7 Å². The van der Waals surface area contributed by atoms with Crippen molar-refractivity contribution in [1.29, 1.82) is 5.41 Å². The Labute approximate surface area is 67.5 Å². The molecule has 1 unspecified atom stereocenters. The molecule has 0 radical (unpaired) electrons. The van der Waals surface area contributed by atoms with Crippen molar-refractivity contribution in [3.8, 4) is 0 Å². The van der Waals surface area contributed by atoms with Crippen molar-refractivity contribution >= 4 is 12.1 Å². The molecule has 1 atom stereocenters. The van der Waals surface area contributed by atoms with Crippen LogP contribution in [0.4, 0.5) is 0 Å². The van der Waals surface area contributed by atoms with E-state index >= 15 is 0 Å². The largest absolute Gasteiger partial charge is 0.388 e. The summed E-state index contributed by atoms with van der Waals surface area (Å²) in [5.41, 5.74) is 5.18. The highest BCUT2D eigenvalue weighted by molar-refractivity contribution is 5.76. The predicted molar refractivity (Wildman–Crippen MR) is 49.3 cm³/mol. The number of amidine groups is 1. The Morgan fingerprint density at radius 2 is 2.45 bits per heavy atom. The monoisotopic (exact) mass is 153 g/mol. The second-order valence-electron chi connectivity index (χ2n) is 2.45. The summed E-state index contributed by atoms with van der Waals surface area (Å²) in [6.07, 6.45) is 4.77. The molecule has 0 aromatic rings. The van der Waals surface area contributed by atoms with Crippen LogP contribution >= 0.6 is 0 Å². The Kier molecular flexibility index (Phi) is 5.07. The number of hydrogen-bond donors (Lipinski definition) is 2. The van der Waals surface area contributed by atoms with E-state index in [1.807, 2.05) is 6.92 Å². The highest BCUT2D eigenvalue weighted by Gasteiger charge is 1.97. The smallest absolute Gasteiger partial charge is 0.0906 e. The fourth-order valence-corrected chi connectivity index (χ4v) is 0.647. The van der Waals surface area contributed by atoms with Gasteiger partial charge in [-0.15, -0.1) is 0 Å². The van der Waals surface area contributed by atoms with Gasteiger partial charge in [0, 0.05) is 18.7 Å². The first kappa shape index (κ1) is 9.88. The Bertz CT molecular complexity index is 161. The van der Waals surface area contributed by atoms with Crippen LogP contribution in [0.3, 0.4) is 0 Å². The van der Waals surface area contributed by atoms with Gasteiger partial charge in [-0.25, -0.2) is 0 Å². The molecule has 62 valence electrons. The molecule has 3 N–H and O–H groups in total. The Hall–Kier alpha value is -1.12. The predicted octanol–water partition coefficient (Wildman–Crippen LogP) is 1.35. The molecule has 0 saturated heterocycles. The maximum Gasteiger partial charge on any atom is 0.0906 e. The van der Waals surface area contributed by atoms with Crippen LogP contribution < -0.4 is 5.73 Å². The maximum absolute atomic E-state index is 6.97. The molecule has 3 nitrogen and oxygen atoms in total. The van der Waals surface area contributed by atoms with Gasteiger partial charge in [-0.3, -0.25) is 10.4 Å². The minimum absolute atomic E-state index is 0.227. The second kappa shape index (κ2) is 5.65. The van der Waals surface area contributed by atoms with E-state index in [1.165, 1.54) is 0 Å². The summed E-state index contributed by atoms with van der Waals surface area (Å²) in [4.78, 5) is 4.12. The molecule has 0 bridgehead atoms. The Morgan fingerprint density at radius 3 is 2.91 bits per heavy atom. The van der Waals surface area contributed by atoms with Gasteiger partial charge in [-0.1, -0.05) is 12.7 Å². The van der Waals surface area contributed by atoms with Crippen molar-refractivity contribution in [2.45, 2.75) is 25.8 Å². The average Bonchev–Trinajstić information content (AvgIpc) is 1.97. The Morgan fingerprint density at radius 1 is 1.82 bits per heavy atom. The van der Waals surface area contributed by atoms with Crippen molar-refractivity contribution in [2.24, 2.45) is 10.7 Å². The van der Waals surface area contributed by atoms with Gasteiger partial charge in [0.15, 0.2) is 0 Å².